The zero-order chi connectivity index (χ0) is 4.12. The predicted octanol–water partition coefficient (Wildman–Crippen LogP) is -0.604. The topological polar surface area (TPSA) is 52.2 Å². The van der Waals surface area contributed by atoms with Crippen LogP contribution < -0.4 is 5.48 Å². The van der Waals surface area contributed by atoms with Gasteiger partial charge in [-0.25, -0.2) is 10.6 Å². The summed E-state index contributed by atoms with van der Waals surface area (Å²) in [6.07, 6.45) is 0. The second-order valence-corrected chi connectivity index (χ2v) is 0.612. The van der Waals surface area contributed by atoms with E-state index in [0.717, 1.165) is 0 Å². The largest absolute Gasteiger partial charge is 0.317 e. The molecule has 3 heteroatoms. The van der Waals surface area contributed by atoms with Crippen molar-refractivity contribution in [1.29, 1.82) is 0 Å². The molecule has 0 aliphatic rings. The second-order valence-electron chi connectivity index (χ2n) is 0.612. The standard InChI is InChI=1S/C2H6NO2/c4-2-1-3-5/h3,5H,1-2H2. The number of hydrogen-bond donors (Lipinski definition) is 2. The van der Waals surface area contributed by atoms with Gasteiger partial charge >= 0.3 is 0 Å². The SMILES string of the molecule is [O]CCNO. The van der Waals surface area contributed by atoms with E-state index in [-0.39, 0.29) is 13.2 Å². The fraction of sp³-hybridized carbons (Fsp3) is 1.00. The van der Waals surface area contributed by atoms with Gasteiger partial charge in [0.05, 0.1) is 6.61 Å². The fourth-order valence-electron chi connectivity index (χ4n) is 0.0456. The van der Waals surface area contributed by atoms with E-state index in [9.17, 15) is 5.11 Å². The molecule has 0 atom stereocenters. The molecule has 0 spiro atoms. The van der Waals surface area contributed by atoms with Crippen LogP contribution >= 0.6 is 0 Å². The summed E-state index contributed by atoms with van der Waals surface area (Å²) in [6, 6.07) is 0. The van der Waals surface area contributed by atoms with Gasteiger partial charge in [-0.1, -0.05) is 0 Å². The zero-order valence-electron chi connectivity index (χ0n) is 2.77. The van der Waals surface area contributed by atoms with Crippen molar-refractivity contribution in [3.63, 3.8) is 0 Å². The van der Waals surface area contributed by atoms with Crippen molar-refractivity contribution in [2.24, 2.45) is 0 Å². The van der Waals surface area contributed by atoms with Crippen LogP contribution in [0.5, 0.6) is 0 Å². The highest BCUT2D eigenvalue weighted by molar-refractivity contribution is 4.20. The molecule has 0 saturated carbocycles. The van der Waals surface area contributed by atoms with Gasteiger partial charge in [0.15, 0.2) is 0 Å². The Kier molecular flexibility index (Phi) is 3.79. The summed E-state index contributed by atoms with van der Waals surface area (Å²) in [5.41, 5.74) is 1.70. The first-order chi connectivity index (χ1) is 2.41. The molecule has 0 saturated heterocycles. The van der Waals surface area contributed by atoms with Crippen molar-refractivity contribution in [2.75, 3.05) is 13.2 Å². The Morgan fingerprint density at radius 3 is 2.40 bits per heavy atom. The van der Waals surface area contributed by atoms with Gasteiger partial charge in [0.1, 0.15) is 0 Å². The molecule has 31 valence electrons. The van der Waals surface area contributed by atoms with Gasteiger partial charge in [0, 0.05) is 6.54 Å². The molecule has 3 nitrogen and oxygen atoms in total. The second kappa shape index (κ2) is 3.88. The van der Waals surface area contributed by atoms with Gasteiger partial charge in [-0.3, -0.25) is 0 Å². The molecule has 0 aromatic carbocycles. The van der Waals surface area contributed by atoms with Crippen molar-refractivity contribution < 1.29 is 10.3 Å². The Labute approximate surface area is 30.2 Å². The minimum Gasteiger partial charge on any atom is -0.317 e. The van der Waals surface area contributed by atoms with E-state index >= 15 is 0 Å². The highest BCUT2D eigenvalue weighted by atomic mass is 16.5. The van der Waals surface area contributed by atoms with Crippen molar-refractivity contribution in [3.05, 3.63) is 0 Å². The average molecular weight is 76.1 g/mol. The number of hydrogen-bond acceptors (Lipinski definition) is 2. The lowest BCUT2D eigenvalue weighted by atomic mass is 10.8. The molecule has 0 aliphatic carbocycles. The third-order valence-electron chi connectivity index (χ3n) is 0.214. The first-order valence-corrected chi connectivity index (χ1v) is 1.37. The van der Waals surface area contributed by atoms with Crippen molar-refractivity contribution in [2.45, 2.75) is 0 Å². The number of nitrogens with one attached hydrogen (secondary N) is 1. The summed E-state index contributed by atoms with van der Waals surface area (Å²) in [4.78, 5) is 0. The molecule has 5 heavy (non-hydrogen) atoms. The molecule has 2 N–H and O–H groups in total. The van der Waals surface area contributed by atoms with E-state index < -0.39 is 0 Å². The summed E-state index contributed by atoms with van der Waals surface area (Å²) in [6.45, 7) is -0.128. The van der Waals surface area contributed by atoms with E-state index in [1.165, 1.54) is 0 Å². The molecule has 0 bridgehead atoms. The first kappa shape index (κ1) is 4.88. The Morgan fingerprint density at radius 2 is 2.40 bits per heavy atom. The summed E-state index contributed by atoms with van der Waals surface area (Å²) in [5, 5.41) is 16.9. The van der Waals surface area contributed by atoms with E-state index in [1.807, 2.05) is 0 Å². The highest BCUT2D eigenvalue weighted by Gasteiger charge is 1.69. The minimum atomic E-state index is -0.267. The molecule has 1 radical (unpaired) electrons. The lowest BCUT2D eigenvalue weighted by Crippen LogP contribution is -2.10. The predicted molar refractivity (Wildman–Crippen MR) is 15.3 cm³/mol. The maximum absolute atomic E-state index is 9.31. The van der Waals surface area contributed by atoms with Crippen LogP contribution in [0.15, 0.2) is 0 Å². The summed E-state index contributed by atoms with van der Waals surface area (Å²) in [5.74, 6) is 0. The van der Waals surface area contributed by atoms with Crippen LogP contribution in [-0.4, -0.2) is 18.4 Å². The van der Waals surface area contributed by atoms with E-state index in [0.29, 0.717) is 0 Å². The Morgan fingerprint density at radius 1 is 1.80 bits per heavy atom. The van der Waals surface area contributed by atoms with E-state index in [4.69, 9.17) is 5.21 Å². The molecule has 0 aromatic rings. The fourth-order valence-corrected chi connectivity index (χ4v) is 0.0456. The average Bonchev–Trinajstić information content (AvgIpc) is 1.41. The third-order valence-corrected chi connectivity index (χ3v) is 0.214. The summed E-state index contributed by atoms with van der Waals surface area (Å²) < 4.78 is 0. The van der Waals surface area contributed by atoms with Gasteiger partial charge in [0.2, 0.25) is 0 Å². The summed E-state index contributed by atoms with van der Waals surface area (Å²) >= 11 is 0. The minimum absolute atomic E-state index is 0.139. The lowest BCUT2D eigenvalue weighted by Gasteiger charge is -1.81. The van der Waals surface area contributed by atoms with Crippen LogP contribution in [-0.2, 0) is 5.11 Å². The van der Waals surface area contributed by atoms with Crippen LogP contribution in [0.25, 0.3) is 0 Å². The smallest absolute Gasteiger partial charge is 0.0969 e. The molecular weight excluding hydrogens is 70.0 g/mol. The monoisotopic (exact) mass is 76.0 g/mol. The zero-order valence-corrected chi connectivity index (χ0v) is 2.77. The van der Waals surface area contributed by atoms with E-state index in [2.05, 4.69) is 0 Å². The molecule has 0 heterocycles. The number of hydroxylamine groups is 1. The Balaban J connectivity index is 2.19. The number of rotatable bonds is 2. The normalized spacial score (nSPS) is 8.40. The Bertz CT molecular complexity index is 15.1. The molecule has 0 aliphatic heterocycles. The van der Waals surface area contributed by atoms with Crippen molar-refractivity contribution in [1.82, 2.24) is 5.48 Å². The highest BCUT2D eigenvalue weighted by Crippen LogP contribution is 1.44. The molecule has 0 rings (SSSR count). The maximum atomic E-state index is 9.31. The van der Waals surface area contributed by atoms with Gasteiger partial charge in [0.25, 0.3) is 0 Å². The lowest BCUT2D eigenvalue weighted by molar-refractivity contribution is 0.113. The molecule has 0 fully saturated rings. The molecule has 0 unspecified atom stereocenters. The quantitative estimate of drug-likeness (QED) is 0.431. The van der Waals surface area contributed by atoms with E-state index in [1.54, 1.807) is 5.48 Å². The van der Waals surface area contributed by atoms with Gasteiger partial charge < -0.3 is 5.21 Å². The maximum Gasteiger partial charge on any atom is 0.0969 e. The van der Waals surface area contributed by atoms with Crippen molar-refractivity contribution in [3.8, 4) is 0 Å². The molecule has 0 amide bonds. The van der Waals surface area contributed by atoms with Crippen LogP contribution in [0, 0.1) is 0 Å². The summed E-state index contributed by atoms with van der Waals surface area (Å²) in [7, 11) is 0. The van der Waals surface area contributed by atoms with Crippen LogP contribution in [0.1, 0.15) is 0 Å². The van der Waals surface area contributed by atoms with Gasteiger partial charge in [-0.15, -0.1) is 0 Å². The van der Waals surface area contributed by atoms with Crippen LogP contribution in [0.2, 0.25) is 0 Å². The molecule has 0 aromatic heterocycles. The molecular formula is C2H6NO2. The van der Waals surface area contributed by atoms with Crippen LogP contribution in [0.4, 0.5) is 0 Å². The van der Waals surface area contributed by atoms with Gasteiger partial charge in [-0.05, 0) is 0 Å². The third kappa shape index (κ3) is 3.88. The van der Waals surface area contributed by atoms with Gasteiger partial charge in [-0.2, -0.15) is 0 Å². The Hall–Kier alpha value is -0.120. The van der Waals surface area contributed by atoms with Crippen molar-refractivity contribution >= 4 is 0 Å². The first-order valence-electron chi connectivity index (χ1n) is 1.37. The van der Waals surface area contributed by atoms with Crippen LogP contribution in [0.3, 0.4) is 0 Å².